The lowest BCUT2D eigenvalue weighted by molar-refractivity contribution is -0.0122. The number of carbonyl (C=O) groups excluding carboxylic acids is 2. The molecule has 0 unspecified atom stereocenters. The van der Waals surface area contributed by atoms with Crippen molar-refractivity contribution in [2.24, 2.45) is 0 Å². The molecule has 37 heavy (non-hydrogen) atoms. The van der Waals surface area contributed by atoms with E-state index in [4.69, 9.17) is 14.2 Å². The van der Waals surface area contributed by atoms with Crippen molar-refractivity contribution in [3.8, 4) is 17.4 Å². The third kappa shape index (κ3) is 4.20. The summed E-state index contributed by atoms with van der Waals surface area (Å²) in [4.78, 5) is 44.7. The second-order valence-corrected chi connectivity index (χ2v) is 9.56. The van der Waals surface area contributed by atoms with Crippen LogP contribution in [0.15, 0.2) is 47.4 Å². The molecular formula is C26H27N5O6. The largest absolute Gasteiger partial charge is 0.496 e. The third-order valence-electron chi connectivity index (χ3n) is 7.24. The minimum atomic E-state index is -0.673. The fourth-order valence-electron chi connectivity index (χ4n) is 5.27. The summed E-state index contributed by atoms with van der Waals surface area (Å²) in [5, 5.41) is 4.39. The van der Waals surface area contributed by atoms with Crippen molar-refractivity contribution in [1.29, 1.82) is 0 Å². The normalized spacial score (nSPS) is 17.9. The molecule has 2 aromatic heterocycles. The van der Waals surface area contributed by atoms with Gasteiger partial charge in [0.1, 0.15) is 23.7 Å². The van der Waals surface area contributed by atoms with Gasteiger partial charge in [0.05, 0.1) is 25.8 Å². The molecule has 3 aromatic rings. The predicted molar refractivity (Wildman–Crippen MR) is 131 cm³/mol. The Morgan fingerprint density at radius 2 is 1.89 bits per heavy atom. The van der Waals surface area contributed by atoms with E-state index in [1.165, 1.54) is 19.4 Å². The molecule has 5 heterocycles. The third-order valence-corrected chi connectivity index (χ3v) is 7.24. The molecule has 1 saturated heterocycles. The lowest BCUT2D eigenvalue weighted by Crippen LogP contribution is -2.55. The number of methoxy groups -OCH3 is 1. The van der Waals surface area contributed by atoms with Gasteiger partial charge in [-0.15, -0.1) is 0 Å². The van der Waals surface area contributed by atoms with Gasteiger partial charge in [-0.3, -0.25) is 14.4 Å². The number of benzene rings is 1. The van der Waals surface area contributed by atoms with E-state index in [1.54, 1.807) is 20.5 Å². The SMILES string of the molecule is COc1cc(=O)[nH]cc1C(=O)N1Cc2ccccc2OC2(CCN(C(=O)c3cc4n(n3)CCO4)CC2)C1. The van der Waals surface area contributed by atoms with Crippen molar-refractivity contribution in [1.82, 2.24) is 24.6 Å². The molecule has 1 spiro atoms. The maximum atomic E-state index is 13.7. The van der Waals surface area contributed by atoms with Crippen LogP contribution >= 0.6 is 0 Å². The van der Waals surface area contributed by atoms with Crippen LogP contribution in [0.25, 0.3) is 0 Å². The van der Waals surface area contributed by atoms with Crippen molar-refractivity contribution in [2.45, 2.75) is 31.5 Å². The number of H-pyrrole nitrogens is 1. The Morgan fingerprint density at radius 3 is 2.68 bits per heavy atom. The van der Waals surface area contributed by atoms with E-state index in [-0.39, 0.29) is 28.7 Å². The molecule has 0 saturated carbocycles. The smallest absolute Gasteiger partial charge is 0.274 e. The maximum absolute atomic E-state index is 13.7. The molecule has 11 nitrogen and oxygen atoms in total. The van der Waals surface area contributed by atoms with Crippen molar-refractivity contribution in [3.05, 3.63) is 69.8 Å². The number of nitrogens with zero attached hydrogens (tertiary/aromatic N) is 4. The van der Waals surface area contributed by atoms with Crippen LogP contribution in [0, 0.1) is 0 Å². The number of fused-ring (bicyclic) bond motifs is 2. The van der Waals surface area contributed by atoms with Crippen LogP contribution in [-0.4, -0.2) is 75.3 Å². The number of rotatable bonds is 3. The predicted octanol–water partition coefficient (Wildman–Crippen LogP) is 1.68. The Morgan fingerprint density at radius 1 is 1.08 bits per heavy atom. The molecule has 1 aromatic carbocycles. The first kappa shape index (κ1) is 23.1. The molecule has 0 bridgehead atoms. The monoisotopic (exact) mass is 505 g/mol. The van der Waals surface area contributed by atoms with E-state index >= 15 is 0 Å². The first-order chi connectivity index (χ1) is 17.9. The number of aromatic nitrogens is 3. The Hall–Kier alpha value is -4.28. The summed E-state index contributed by atoms with van der Waals surface area (Å²) in [7, 11) is 1.43. The highest BCUT2D eigenvalue weighted by Crippen LogP contribution is 2.37. The zero-order valence-electron chi connectivity index (χ0n) is 20.4. The highest BCUT2D eigenvalue weighted by molar-refractivity contribution is 5.96. The molecule has 6 rings (SSSR count). The molecule has 0 atom stereocenters. The number of pyridine rings is 1. The van der Waals surface area contributed by atoms with Crippen LogP contribution < -0.4 is 19.8 Å². The summed E-state index contributed by atoms with van der Waals surface area (Å²) in [5.41, 5.74) is 0.523. The number of piperidine rings is 1. The molecular weight excluding hydrogens is 478 g/mol. The second kappa shape index (κ2) is 8.99. The number of likely N-dealkylation sites (tertiary alicyclic amines) is 1. The molecule has 3 aliphatic heterocycles. The van der Waals surface area contributed by atoms with Gasteiger partial charge in [-0.05, 0) is 6.07 Å². The molecule has 0 aliphatic carbocycles. The fourth-order valence-corrected chi connectivity index (χ4v) is 5.27. The Balaban J connectivity index is 1.25. The average Bonchev–Trinajstić information content (AvgIpc) is 3.47. The summed E-state index contributed by atoms with van der Waals surface area (Å²) < 4.78 is 19.1. The summed E-state index contributed by atoms with van der Waals surface area (Å²) in [5.74, 6) is 1.16. The summed E-state index contributed by atoms with van der Waals surface area (Å²) >= 11 is 0. The van der Waals surface area contributed by atoms with Crippen molar-refractivity contribution < 1.29 is 23.8 Å². The van der Waals surface area contributed by atoms with E-state index in [0.717, 1.165) is 11.3 Å². The van der Waals surface area contributed by atoms with Gasteiger partial charge < -0.3 is 29.0 Å². The van der Waals surface area contributed by atoms with Crippen LogP contribution in [0.3, 0.4) is 0 Å². The zero-order valence-corrected chi connectivity index (χ0v) is 20.4. The second-order valence-electron chi connectivity index (χ2n) is 9.56. The standard InChI is InChI=1S/C26H27N5O6/c1-35-21-13-22(32)27-14-18(21)24(33)30-15-17-4-2-3-5-20(17)37-26(16-30)6-8-29(9-7-26)25(34)19-12-23-31(28-19)10-11-36-23/h2-5,12-14H,6-11,15-16H2,1H3,(H,27,32). The number of aromatic amines is 1. The summed E-state index contributed by atoms with van der Waals surface area (Å²) in [6.07, 6.45) is 2.48. The van der Waals surface area contributed by atoms with Gasteiger partial charge in [-0.1, -0.05) is 18.2 Å². The highest BCUT2D eigenvalue weighted by Gasteiger charge is 2.43. The molecule has 3 aliphatic rings. The molecule has 1 N–H and O–H groups in total. The van der Waals surface area contributed by atoms with Gasteiger partial charge >= 0.3 is 0 Å². The Bertz CT molecular complexity index is 1400. The van der Waals surface area contributed by atoms with Crippen LogP contribution in [0.4, 0.5) is 0 Å². The number of hydrogen-bond donors (Lipinski definition) is 1. The summed E-state index contributed by atoms with van der Waals surface area (Å²) in [6, 6.07) is 10.6. The van der Waals surface area contributed by atoms with Crippen LogP contribution in [0.1, 0.15) is 39.3 Å². The average molecular weight is 506 g/mol. The van der Waals surface area contributed by atoms with Gasteiger partial charge in [-0.25, -0.2) is 4.68 Å². The van der Waals surface area contributed by atoms with Gasteiger partial charge in [0.25, 0.3) is 17.4 Å². The van der Waals surface area contributed by atoms with Crippen molar-refractivity contribution in [2.75, 3.05) is 33.4 Å². The minimum Gasteiger partial charge on any atom is -0.496 e. The molecule has 11 heteroatoms. The Labute approximate surface area is 212 Å². The van der Waals surface area contributed by atoms with Crippen LogP contribution in [0.5, 0.6) is 17.4 Å². The lowest BCUT2D eigenvalue weighted by atomic mass is 9.90. The van der Waals surface area contributed by atoms with E-state index in [2.05, 4.69) is 10.1 Å². The maximum Gasteiger partial charge on any atom is 0.274 e. The topological polar surface area (TPSA) is 119 Å². The van der Waals surface area contributed by atoms with E-state index < -0.39 is 5.60 Å². The van der Waals surface area contributed by atoms with E-state index in [0.29, 0.717) is 63.7 Å². The molecule has 0 radical (unpaired) electrons. The van der Waals surface area contributed by atoms with Crippen molar-refractivity contribution in [3.63, 3.8) is 0 Å². The Kier molecular flexibility index (Phi) is 5.62. The number of nitrogens with one attached hydrogen (secondary N) is 1. The van der Waals surface area contributed by atoms with E-state index in [1.807, 2.05) is 24.3 Å². The molecule has 1 fully saturated rings. The first-order valence-corrected chi connectivity index (χ1v) is 12.3. The zero-order chi connectivity index (χ0) is 25.6. The lowest BCUT2D eigenvalue weighted by Gasteiger charge is -2.42. The van der Waals surface area contributed by atoms with Gasteiger partial charge in [0.15, 0.2) is 5.69 Å². The number of amides is 2. The first-order valence-electron chi connectivity index (χ1n) is 12.3. The van der Waals surface area contributed by atoms with Crippen LogP contribution in [0.2, 0.25) is 0 Å². The quantitative estimate of drug-likeness (QED) is 0.575. The summed E-state index contributed by atoms with van der Waals surface area (Å²) in [6.45, 7) is 2.83. The number of para-hydroxylation sites is 1. The number of hydrogen-bond acceptors (Lipinski definition) is 7. The number of ether oxygens (including phenoxy) is 3. The fraction of sp³-hybridized carbons (Fsp3) is 0.385. The number of carbonyl (C=O) groups is 2. The van der Waals surface area contributed by atoms with E-state index in [9.17, 15) is 14.4 Å². The van der Waals surface area contributed by atoms with Gasteiger partial charge in [0, 0.05) is 56.4 Å². The van der Waals surface area contributed by atoms with Crippen molar-refractivity contribution >= 4 is 11.8 Å². The van der Waals surface area contributed by atoms with Gasteiger partial charge in [0.2, 0.25) is 5.88 Å². The highest BCUT2D eigenvalue weighted by atomic mass is 16.5. The molecule has 2 amide bonds. The van der Waals surface area contributed by atoms with Gasteiger partial charge in [-0.2, -0.15) is 5.10 Å². The van der Waals surface area contributed by atoms with Crippen LogP contribution in [-0.2, 0) is 13.1 Å². The molecule has 192 valence electrons. The minimum absolute atomic E-state index is 0.139.